The summed E-state index contributed by atoms with van der Waals surface area (Å²) in [5.74, 6) is 0.0402. The molecule has 2 aromatic rings. The van der Waals surface area contributed by atoms with Gasteiger partial charge in [-0.15, -0.1) is 0 Å². The molecular weight excluding hydrogens is 357 g/mol. The van der Waals surface area contributed by atoms with Crippen molar-refractivity contribution in [3.8, 4) is 5.75 Å². The highest BCUT2D eigenvalue weighted by Crippen LogP contribution is 2.42. The average molecular weight is 383 g/mol. The minimum Gasteiger partial charge on any atom is -0.489 e. The molecule has 0 spiro atoms. The lowest BCUT2D eigenvalue weighted by Crippen LogP contribution is -2.41. The number of aliphatic carboxylic acids is 1. The van der Waals surface area contributed by atoms with Crippen LogP contribution in [0.2, 0.25) is 0 Å². The van der Waals surface area contributed by atoms with E-state index in [9.17, 15) is 9.18 Å². The van der Waals surface area contributed by atoms with Crippen molar-refractivity contribution in [3.05, 3.63) is 59.9 Å². The van der Waals surface area contributed by atoms with Crippen molar-refractivity contribution in [2.75, 3.05) is 18.0 Å². The van der Waals surface area contributed by atoms with Gasteiger partial charge in [0.05, 0.1) is 12.5 Å². The van der Waals surface area contributed by atoms with E-state index in [1.165, 1.54) is 23.4 Å². The number of rotatable bonds is 7. The monoisotopic (exact) mass is 383 g/mol. The third-order valence-electron chi connectivity index (χ3n) is 5.84. The minimum absolute atomic E-state index is 0.0988. The zero-order valence-corrected chi connectivity index (χ0v) is 15.9. The van der Waals surface area contributed by atoms with Crippen LogP contribution in [-0.2, 0) is 11.2 Å². The number of anilines is 1. The Morgan fingerprint density at radius 1 is 1.14 bits per heavy atom. The second-order valence-electron chi connectivity index (χ2n) is 7.93. The predicted octanol–water partition coefficient (Wildman–Crippen LogP) is 4.53. The van der Waals surface area contributed by atoms with E-state index in [1.54, 1.807) is 12.1 Å². The molecule has 0 radical (unpaired) electrons. The van der Waals surface area contributed by atoms with Gasteiger partial charge in [0.25, 0.3) is 0 Å². The van der Waals surface area contributed by atoms with Crippen LogP contribution in [0.4, 0.5) is 10.1 Å². The average Bonchev–Trinajstić information content (AvgIpc) is 3.49. The van der Waals surface area contributed by atoms with Crippen LogP contribution >= 0.6 is 0 Å². The molecule has 1 saturated carbocycles. The smallest absolute Gasteiger partial charge is 0.306 e. The van der Waals surface area contributed by atoms with Crippen LogP contribution in [0.5, 0.6) is 5.75 Å². The summed E-state index contributed by atoms with van der Waals surface area (Å²) < 4.78 is 19.1. The molecule has 148 valence electrons. The van der Waals surface area contributed by atoms with Crippen LogP contribution in [0, 0.1) is 17.7 Å². The predicted molar refractivity (Wildman–Crippen MR) is 106 cm³/mol. The lowest BCUT2D eigenvalue weighted by atomic mass is 10.0. The Balaban J connectivity index is 1.29. The van der Waals surface area contributed by atoms with Crippen molar-refractivity contribution in [2.45, 2.75) is 38.2 Å². The first-order valence-corrected chi connectivity index (χ1v) is 10.1. The molecule has 28 heavy (non-hydrogen) atoms. The number of ether oxygens (including phenoxy) is 1. The first kappa shape index (κ1) is 18.8. The first-order valence-electron chi connectivity index (χ1n) is 10.1. The van der Waals surface area contributed by atoms with Gasteiger partial charge in [0.15, 0.2) is 0 Å². The molecule has 5 heteroatoms. The summed E-state index contributed by atoms with van der Waals surface area (Å²) in [4.78, 5) is 13.3. The number of aryl methyl sites for hydroxylation is 1. The number of hydrogen-bond donors (Lipinski definition) is 1. The maximum atomic E-state index is 13.0. The van der Waals surface area contributed by atoms with Gasteiger partial charge in [-0.25, -0.2) is 4.39 Å². The van der Waals surface area contributed by atoms with Gasteiger partial charge in [-0.3, -0.25) is 4.79 Å². The van der Waals surface area contributed by atoms with Crippen LogP contribution in [-0.4, -0.2) is 30.3 Å². The summed E-state index contributed by atoms with van der Waals surface area (Å²) in [5, 5.41) is 9.00. The second-order valence-corrected chi connectivity index (χ2v) is 7.93. The Kier molecular flexibility index (Phi) is 5.51. The van der Waals surface area contributed by atoms with Crippen molar-refractivity contribution < 1.29 is 19.0 Å². The zero-order valence-electron chi connectivity index (χ0n) is 15.9. The van der Waals surface area contributed by atoms with Crippen LogP contribution in [0.15, 0.2) is 48.5 Å². The van der Waals surface area contributed by atoms with E-state index in [0.29, 0.717) is 11.7 Å². The number of nitrogens with zero attached hydrogens (tertiary/aromatic N) is 1. The molecule has 2 aliphatic rings. The molecule has 2 fully saturated rings. The largest absolute Gasteiger partial charge is 0.489 e. The highest BCUT2D eigenvalue weighted by molar-refractivity contribution is 5.73. The fraction of sp³-hybridized carbons (Fsp3) is 0.435. The zero-order chi connectivity index (χ0) is 19.5. The van der Waals surface area contributed by atoms with Gasteiger partial charge in [-0.05, 0) is 80.0 Å². The molecule has 3 unspecified atom stereocenters. The van der Waals surface area contributed by atoms with E-state index in [4.69, 9.17) is 9.84 Å². The first-order chi connectivity index (χ1) is 13.6. The maximum absolute atomic E-state index is 13.0. The SMILES string of the molecule is O=C(O)C1CC1CCc1ccc(N2CCCC(Oc3ccc(F)cc3)C2)cc1. The topological polar surface area (TPSA) is 49.8 Å². The molecule has 4 nitrogen and oxygen atoms in total. The van der Waals surface area contributed by atoms with Gasteiger partial charge in [0, 0.05) is 12.2 Å². The number of piperidine rings is 1. The molecule has 1 heterocycles. The Bertz CT molecular complexity index is 806. The highest BCUT2D eigenvalue weighted by atomic mass is 19.1. The fourth-order valence-corrected chi connectivity index (χ4v) is 4.07. The van der Waals surface area contributed by atoms with E-state index in [2.05, 4.69) is 29.2 Å². The summed E-state index contributed by atoms with van der Waals surface area (Å²) in [7, 11) is 0. The molecule has 1 saturated heterocycles. The summed E-state index contributed by atoms with van der Waals surface area (Å²) >= 11 is 0. The Morgan fingerprint density at radius 3 is 2.57 bits per heavy atom. The number of carboxylic acid groups (broad SMARTS) is 1. The lowest BCUT2D eigenvalue weighted by Gasteiger charge is -2.34. The van der Waals surface area contributed by atoms with E-state index in [0.717, 1.165) is 45.2 Å². The molecule has 2 aromatic carbocycles. The number of hydrogen-bond acceptors (Lipinski definition) is 3. The molecule has 0 aromatic heterocycles. The van der Waals surface area contributed by atoms with Crippen molar-refractivity contribution in [3.63, 3.8) is 0 Å². The van der Waals surface area contributed by atoms with Crippen LogP contribution in [0.1, 0.15) is 31.2 Å². The van der Waals surface area contributed by atoms with Gasteiger partial charge in [0.2, 0.25) is 0 Å². The van der Waals surface area contributed by atoms with E-state index < -0.39 is 5.97 Å². The molecule has 0 amide bonds. The normalized spacial score (nSPS) is 24.0. The van der Waals surface area contributed by atoms with Crippen molar-refractivity contribution >= 4 is 11.7 Å². The third kappa shape index (κ3) is 4.64. The molecule has 1 aliphatic heterocycles. The molecule has 3 atom stereocenters. The quantitative estimate of drug-likeness (QED) is 0.763. The van der Waals surface area contributed by atoms with E-state index in [1.807, 2.05) is 0 Å². The second kappa shape index (κ2) is 8.21. The Hall–Kier alpha value is -2.56. The number of halogens is 1. The summed E-state index contributed by atoms with van der Waals surface area (Å²) in [5.41, 5.74) is 2.45. The molecule has 0 bridgehead atoms. The van der Waals surface area contributed by atoms with Crippen LogP contribution < -0.4 is 9.64 Å². The Morgan fingerprint density at radius 2 is 1.89 bits per heavy atom. The fourth-order valence-electron chi connectivity index (χ4n) is 4.07. The number of benzene rings is 2. The lowest BCUT2D eigenvalue weighted by molar-refractivity contribution is -0.138. The van der Waals surface area contributed by atoms with Crippen LogP contribution in [0.25, 0.3) is 0 Å². The summed E-state index contributed by atoms with van der Waals surface area (Å²) in [6, 6.07) is 14.8. The summed E-state index contributed by atoms with van der Waals surface area (Å²) in [6.07, 6.45) is 4.88. The summed E-state index contributed by atoms with van der Waals surface area (Å²) in [6.45, 7) is 1.82. The van der Waals surface area contributed by atoms with Crippen molar-refractivity contribution in [1.29, 1.82) is 0 Å². The van der Waals surface area contributed by atoms with E-state index in [-0.39, 0.29) is 17.8 Å². The molecule has 1 N–H and O–H groups in total. The van der Waals surface area contributed by atoms with Crippen LogP contribution in [0.3, 0.4) is 0 Å². The third-order valence-corrected chi connectivity index (χ3v) is 5.84. The molecular formula is C23H26FNO3. The van der Waals surface area contributed by atoms with Gasteiger partial charge in [0.1, 0.15) is 17.7 Å². The van der Waals surface area contributed by atoms with Crippen molar-refractivity contribution in [2.24, 2.45) is 11.8 Å². The van der Waals surface area contributed by atoms with Gasteiger partial charge in [-0.1, -0.05) is 12.1 Å². The minimum atomic E-state index is -0.650. The van der Waals surface area contributed by atoms with Gasteiger partial charge in [-0.2, -0.15) is 0 Å². The number of carbonyl (C=O) groups is 1. The van der Waals surface area contributed by atoms with Crippen molar-refractivity contribution in [1.82, 2.24) is 0 Å². The maximum Gasteiger partial charge on any atom is 0.306 e. The standard InChI is InChI=1S/C23H26FNO3/c24-18-7-11-20(12-8-18)28-21-2-1-13-25(15-21)19-9-4-16(5-10-19)3-6-17-14-22(17)23(26)27/h4-5,7-12,17,21-22H,1-3,6,13-15H2,(H,26,27). The molecule has 4 rings (SSSR count). The highest BCUT2D eigenvalue weighted by Gasteiger charge is 2.42. The van der Waals surface area contributed by atoms with Gasteiger partial charge >= 0.3 is 5.97 Å². The van der Waals surface area contributed by atoms with E-state index >= 15 is 0 Å². The van der Waals surface area contributed by atoms with Gasteiger partial charge < -0.3 is 14.7 Å². The number of carboxylic acids is 1. The Labute approximate surface area is 164 Å². The molecule has 1 aliphatic carbocycles.